The van der Waals surface area contributed by atoms with E-state index in [2.05, 4.69) is 17.2 Å². The first-order valence-corrected chi connectivity index (χ1v) is 6.97. The van der Waals surface area contributed by atoms with Gasteiger partial charge in [0.1, 0.15) is 5.75 Å². The van der Waals surface area contributed by atoms with Gasteiger partial charge in [-0.05, 0) is 24.1 Å². The van der Waals surface area contributed by atoms with Crippen molar-refractivity contribution >= 4 is 11.4 Å². The van der Waals surface area contributed by atoms with Crippen LogP contribution in [0.15, 0.2) is 36.5 Å². The minimum absolute atomic E-state index is 0.605. The zero-order valence-corrected chi connectivity index (χ0v) is 12.4. The molecular formula is C16H21N3O2. The predicted molar refractivity (Wildman–Crippen MR) is 84.8 cm³/mol. The van der Waals surface area contributed by atoms with Crippen LogP contribution in [0.5, 0.6) is 11.6 Å². The van der Waals surface area contributed by atoms with E-state index in [4.69, 9.17) is 15.2 Å². The minimum Gasteiger partial charge on any atom is -0.493 e. The summed E-state index contributed by atoms with van der Waals surface area (Å²) in [5.74, 6) is 1.39. The zero-order valence-electron chi connectivity index (χ0n) is 12.4. The van der Waals surface area contributed by atoms with Crippen LogP contribution in [0.4, 0.5) is 11.4 Å². The molecule has 0 aliphatic heterocycles. The van der Waals surface area contributed by atoms with Crippen molar-refractivity contribution in [2.24, 2.45) is 0 Å². The summed E-state index contributed by atoms with van der Waals surface area (Å²) in [7, 11) is 1.61. The summed E-state index contributed by atoms with van der Waals surface area (Å²) in [6.07, 6.45) is 2.69. The number of benzene rings is 1. The Balaban J connectivity index is 2.03. The lowest BCUT2D eigenvalue weighted by Crippen LogP contribution is -2.02. The summed E-state index contributed by atoms with van der Waals surface area (Å²) in [6.45, 7) is 3.42. The molecule has 0 bridgehead atoms. The number of nitrogens with one attached hydrogen (secondary N) is 1. The number of pyridine rings is 1. The molecule has 2 rings (SSSR count). The SMILES string of the molecule is CCCOc1cc(N)cc(NCc2ccnc(OC)c2)c1. The van der Waals surface area contributed by atoms with Gasteiger partial charge in [0.05, 0.1) is 13.7 Å². The van der Waals surface area contributed by atoms with Crippen LogP contribution < -0.4 is 20.5 Å². The standard InChI is InChI=1S/C16H21N3O2/c1-3-6-21-15-9-13(17)8-14(10-15)19-11-12-4-5-18-16(7-12)20-2/h4-5,7-10,19H,3,6,11,17H2,1-2H3. The van der Waals surface area contributed by atoms with E-state index in [1.54, 1.807) is 13.3 Å². The second kappa shape index (κ2) is 7.38. The lowest BCUT2D eigenvalue weighted by atomic mass is 10.2. The van der Waals surface area contributed by atoms with Crippen LogP contribution in [0.25, 0.3) is 0 Å². The van der Waals surface area contributed by atoms with Crippen molar-refractivity contribution in [2.75, 3.05) is 24.8 Å². The summed E-state index contributed by atoms with van der Waals surface area (Å²) < 4.78 is 10.7. The monoisotopic (exact) mass is 287 g/mol. The minimum atomic E-state index is 0.605. The number of aromatic nitrogens is 1. The van der Waals surface area contributed by atoms with Gasteiger partial charge in [-0.2, -0.15) is 0 Å². The van der Waals surface area contributed by atoms with Crippen LogP contribution in [-0.2, 0) is 6.54 Å². The van der Waals surface area contributed by atoms with E-state index in [9.17, 15) is 0 Å². The Hall–Kier alpha value is -2.43. The molecule has 0 saturated heterocycles. The Morgan fingerprint density at radius 2 is 2.10 bits per heavy atom. The van der Waals surface area contributed by atoms with Crippen molar-refractivity contribution in [2.45, 2.75) is 19.9 Å². The van der Waals surface area contributed by atoms with E-state index in [-0.39, 0.29) is 0 Å². The van der Waals surface area contributed by atoms with Gasteiger partial charge in [0.15, 0.2) is 0 Å². The largest absolute Gasteiger partial charge is 0.493 e. The van der Waals surface area contributed by atoms with Gasteiger partial charge in [-0.25, -0.2) is 4.98 Å². The zero-order chi connectivity index (χ0) is 15.1. The lowest BCUT2D eigenvalue weighted by Gasteiger charge is -2.11. The molecule has 0 aliphatic carbocycles. The predicted octanol–water partition coefficient (Wildman–Crippen LogP) is 3.07. The van der Waals surface area contributed by atoms with Crippen LogP contribution in [-0.4, -0.2) is 18.7 Å². The highest BCUT2D eigenvalue weighted by molar-refractivity contribution is 5.59. The highest BCUT2D eigenvalue weighted by Gasteiger charge is 2.02. The number of hydrogen-bond acceptors (Lipinski definition) is 5. The first kappa shape index (κ1) is 15.0. The van der Waals surface area contributed by atoms with Gasteiger partial charge in [-0.1, -0.05) is 6.92 Å². The maximum absolute atomic E-state index is 5.90. The molecule has 5 heteroatoms. The molecule has 3 N–H and O–H groups in total. The molecule has 112 valence electrons. The Morgan fingerprint density at radius 3 is 2.86 bits per heavy atom. The van der Waals surface area contributed by atoms with E-state index in [1.165, 1.54) is 0 Å². The topological polar surface area (TPSA) is 69.4 Å². The number of methoxy groups -OCH3 is 1. The fourth-order valence-electron chi connectivity index (χ4n) is 1.90. The molecule has 21 heavy (non-hydrogen) atoms. The van der Waals surface area contributed by atoms with Gasteiger partial charge < -0.3 is 20.5 Å². The maximum atomic E-state index is 5.90. The fourth-order valence-corrected chi connectivity index (χ4v) is 1.90. The smallest absolute Gasteiger partial charge is 0.213 e. The quantitative estimate of drug-likeness (QED) is 0.766. The molecule has 0 radical (unpaired) electrons. The van der Waals surface area contributed by atoms with Gasteiger partial charge in [-0.15, -0.1) is 0 Å². The van der Waals surface area contributed by atoms with E-state index < -0.39 is 0 Å². The number of anilines is 2. The maximum Gasteiger partial charge on any atom is 0.213 e. The number of nitrogens with two attached hydrogens (primary N) is 1. The van der Waals surface area contributed by atoms with Gasteiger partial charge >= 0.3 is 0 Å². The van der Waals surface area contributed by atoms with E-state index in [0.717, 1.165) is 23.4 Å². The van der Waals surface area contributed by atoms with Crippen molar-refractivity contribution in [3.8, 4) is 11.6 Å². The summed E-state index contributed by atoms with van der Waals surface area (Å²) in [5.41, 5.74) is 8.59. The van der Waals surface area contributed by atoms with E-state index >= 15 is 0 Å². The second-order valence-corrected chi connectivity index (χ2v) is 4.70. The molecule has 0 unspecified atom stereocenters. The Kier molecular flexibility index (Phi) is 5.26. The molecule has 2 aromatic rings. The third-order valence-corrected chi connectivity index (χ3v) is 2.91. The highest BCUT2D eigenvalue weighted by atomic mass is 16.5. The van der Waals surface area contributed by atoms with Gasteiger partial charge in [-0.3, -0.25) is 0 Å². The summed E-state index contributed by atoms with van der Waals surface area (Å²) in [6, 6.07) is 9.50. The Bertz CT molecular complexity index is 587. The van der Waals surface area contributed by atoms with Crippen LogP contribution in [0.1, 0.15) is 18.9 Å². The van der Waals surface area contributed by atoms with E-state index in [1.807, 2.05) is 30.3 Å². The van der Waals surface area contributed by atoms with Crippen molar-refractivity contribution in [3.05, 3.63) is 42.1 Å². The third-order valence-electron chi connectivity index (χ3n) is 2.91. The van der Waals surface area contributed by atoms with Crippen molar-refractivity contribution < 1.29 is 9.47 Å². The van der Waals surface area contributed by atoms with E-state index in [0.29, 0.717) is 24.7 Å². The first-order chi connectivity index (χ1) is 10.2. The average molecular weight is 287 g/mol. The van der Waals surface area contributed by atoms with Gasteiger partial charge in [0.25, 0.3) is 0 Å². The number of nitrogen functional groups attached to an aromatic ring is 1. The molecule has 0 aliphatic rings. The molecule has 0 spiro atoms. The highest BCUT2D eigenvalue weighted by Crippen LogP contribution is 2.23. The first-order valence-electron chi connectivity index (χ1n) is 6.97. The van der Waals surface area contributed by atoms with Gasteiger partial charge in [0, 0.05) is 42.3 Å². The number of nitrogens with zero attached hydrogens (tertiary/aromatic N) is 1. The molecular weight excluding hydrogens is 266 g/mol. The fraction of sp³-hybridized carbons (Fsp3) is 0.312. The molecule has 0 fully saturated rings. The Labute approximate surface area is 125 Å². The molecule has 1 aromatic heterocycles. The van der Waals surface area contributed by atoms with Crippen LogP contribution in [0, 0.1) is 0 Å². The number of rotatable bonds is 7. The summed E-state index contributed by atoms with van der Waals surface area (Å²) in [5, 5.41) is 3.33. The molecule has 0 atom stereocenters. The second-order valence-electron chi connectivity index (χ2n) is 4.70. The normalized spacial score (nSPS) is 10.2. The Morgan fingerprint density at radius 1 is 1.24 bits per heavy atom. The van der Waals surface area contributed by atoms with Crippen molar-refractivity contribution in [3.63, 3.8) is 0 Å². The molecule has 0 amide bonds. The molecule has 5 nitrogen and oxygen atoms in total. The van der Waals surface area contributed by atoms with Gasteiger partial charge in [0.2, 0.25) is 5.88 Å². The molecule has 1 aromatic carbocycles. The number of hydrogen-bond donors (Lipinski definition) is 2. The van der Waals surface area contributed by atoms with Crippen LogP contribution in [0.3, 0.4) is 0 Å². The van der Waals surface area contributed by atoms with Crippen molar-refractivity contribution in [1.82, 2.24) is 4.98 Å². The summed E-state index contributed by atoms with van der Waals surface area (Å²) in [4.78, 5) is 4.08. The molecule has 1 heterocycles. The summed E-state index contributed by atoms with van der Waals surface area (Å²) >= 11 is 0. The van der Waals surface area contributed by atoms with Crippen LogP contribution in [0.2, 0.25) is 0 Å². The lowest BCUT2D eigenvalue weighted by molar-refractivity contribution is 0.318. The number of ether oxygens (including phenoxy) is 2. The average Bonchev–Trinajstić information content (AvgIpc) is 2.50. The third kappa shape index (κ3) is 4.56. The van der Waals surface area contributed by atoms with Crippen molar-refractivity contribution in [1.29, 1.82) is 0 Å². The molecule has 0 saturated carbocycles. The van der Waals surface area contributed by atoms with Crippen LogP contribution >= 0.6 is 0 Å².